The molecule has 0 N–H and O–H groups in total. The van der Waals surface area contributed by atoms with Crippen LogP contribution >= 0.6 is 22.9 Å². The summed E-state index contributed by atoms with van der Waals surface area (Å²) in [7, 11) is 3.34. The standard InChI is InChI=1S/C25H24ClN3O3S/c1-14-6-7-15(2)17(12-14)13-28-24-20(16(3)21(33-24)23(31)27(4)5)22(30)29(25(28)32)19-10-8-18(26)9-11-19/h6-12H,13H2,1-5H3. The number of hydrogen-bond acceptors (Lipinski definition) is 4. The number of rotatable bonds is 4. The fourth-order valence-corrected chi connectivity index (χ4v) is 5.29. The minimum absolute atomic E-state index is 0.197. The zero-order valence-corrected chi connectivity index (χ0v) is 20.7. The Labute approximate surface area is 200 Å². The number of halogens is 1. The summed E-state index contributed by atoms with van der Waals surface area (Å²) in [5.74, 6) is -0.197. The van der Waals surface area contributed by atoms with Crippen molar-refractivity contribution in [1.29, 1.82) is 0 Å². The highest BCUT2D eigenvalue weighted by Gasteiger charge is 2.24. The summed E-state index contributed by atoms with van der Waals surface area (Å²) in [6.45, 7) is 6.04. The molecule has 0 aliphatic rings. The van der Waals surface area contributed by atoms with Crippen LogP contribution in [-0.4, -0.2) is 34.0 Å². The molecule has 0 radical (unpaired) electrons. The quantitative estimate of drug-likeness (QED) is 0.429. The van der Waals surface area contributed by atoms with Crippen LogP contribution in [0.5, 0.6) is 0 Å². The maximum atomic E-state index is 13.7. The third kappa shape index (κ3) is 4.03. The first-order valence-corrected chi connectivity index (χ1v) is 11.6. The maximum Gasteiger partial charge on any atom is 0.337 e. The molecule has 1 amide bonds. The highest BCUT2D eigenvalue weighted by molar-refractivity contribution is 7.20. The van der Waals surface area contributed by atoms with E-state index in [0.29, 0.717) is 31.4 Å². The topological polar surface area (TPSA) is 64.3 Å². The second kappa shape index (κ2) is 8.65. The van der Waals surface area contributed by atoms with Crippen molar-refractivity contribution in [3.63, 3.8) is 0 Å². The largest absolute Gasteiger partial charge is 0.344 e. The number of hydrogen-bond donors (Lipinski definition) is 0. The molecular weight excluding hydrogens is 458 g/mol. The van der Waals surface area contributed by atoms with Crippen molar-refractivity contribution in [2.45, 2.75) is 27.3 Å². The van der Waals surface area contributed by atoms with Gasteiger partial charge in [0.25, 0.3) is 11.5 Å². The molecule has 4 aromatic rings. The lowest BCUT2D eigenvalue weighted by molar-refractivity contribution is 0.0831. The molecule has 4 rings (SSSR count). The van der Waals surface area contributed by atoms with Crippen LogP contribution in [0.15, 0.2) is 52.1 Å². The Hall–Kier alpha value is -3.16. The van der Waals surface area contributed by atoms with Crippen molar-refractivity contribution >= 4 is 39.1 Å². The molecule has 0 unspecified atom stereocenters. The smallest absolute Gasteiger partial charge is 0.337 e. The maximum absolute atomic E-state index is 13.7. The van der Waals surface area contributed by atoms with Crippen molar-refractivity contribution in [2.24, 2.45) is 0 Å². The zero-order chi connectivity index (χ0) is 24.0. The second-order valence-electron chi connectivity index (χ2n) is 8.35. The summed E-state index contributed by atoms with van der Waals surface area (Å²) in [6, 6.07) is 12.7. The number of nitrogens with zero attached hydrogens (tertiary/aromatic N) is 3. The SMILES string of the molecule is Cc1ccc(C)c(Cn2c(=O)n(-c3ccc(Cl)cc3)c(=O)c3c(C)c(C(=O)N(C)C)sc32)c1. The van der Waals surface area contributed by atoms with E-state index >= 15 is 0 Å². The van der Waals surface area contributed by atoms with Gasteiger partial charge in [0, 0.05) is 19.1 Å². The van der Waals surface area contributed by atoms with Crippen molar-refractivity contribution in [1.82, 2.24) is 14.0 Å². The van der Waals surface area contributed by atoms with Crippen LogP contribution in [0.2, 0.25) is 5.02 Å². The van der Waals surface area contributed by atoms with Gasteiger partial charge in [0.1, 0.15) is 4.83 Å². The van der Waals surface area contributed by atoms with Gasteiger partial charge < -0.3 is 4.90 Å². The van der Waals surface area contributed by atoms with Crippen LogP contribution in [-0.2, 0) is 6.54 Å². The average molecular weight is 482 g/mol. The molecule has 0 saturated heterocycles. The summed E-state index contributed by atoms with van der Waals surface area (Å²) in [6.07, 6.45) is 0. The molecular formula is C25H24ClN3O3S. The van der Waals surface area contributed by atoms with Crippen LogP contribution in [0, 0.1) is 20.8 Å². The van der Waals surface area contributed by atoms with E-state index in [1.54, 1.807) is 49.9 Å². The number of aromatic nitrogens is 2. The first kappa shape index (κ1) is 23.0. The highest BCUT2D eigenvalue weighted by atomic mass is 35.5. The normalized spacial score (nSPS) is 11.2. The lowest BCUT2D eigenvalue weighted by atomic mass is 10.1. The van der Waals surface area contributed by atoms with Crippen molar-refractivity contribution in [3.8, 4) is 5.69 Å². The van der Waals surface area contributed by atoms with Gasteiger partial charge in [0.15, 0.2) is 0 Å². The number of carbonyl (C=O) groups is 1. The predicted molar refractivity (Wildman–Crippen MR) is 134 cm³/mol. The van der Waals surface area contributed by atoms with Crippen LogP contribution in [0.25, 0.3) is 15.9 Å². The van der Waals surface area contributed by atoms with Crippen molar-refractivity contribution < 1.29 is 4.79 Å². The molecule has 0 bridgehead atoms. The van der Waals surface area contributed by atoms with Crippen molar-refractivity contribution in [2.75, 3.05) is 14.1 Å². The molecule has 0 saturated carbocycles. The number of amides is 1. The summed E-state index contributed by atoms with van der Waals surface area (Å²) in [5, 5.41) is 0.888. The molecule has 0 aliphatic heterocycles. The van der Waals surface area contributed by atoms with E-state index < -0.39 is 11.2 Å². The van der Waals surface area contributed by atoms with Crippen LogP contribution < -0.4 is 11.2 Å². The number of thiophene rings is 1. The Morgan fingerprint density at radius 3 is 2.33 bits per heavy atom. The monoisotopic (exact) mass is 481 g/mol. The number of fused-ring (bicyclic) bond motifs is 1. The van der Waals surface area contributed by atoms with Gasteiger partial charge in [-0.2, -0.15) is 0 Å². The fourth-order valence-electron chi connectivity index (χ4n) is 3.85. The number of carbonyl (C=O) groups excluding carboxylic acids is 1. The third-order valence-corrected chi connectivity index (χ3v) is 7.29. The van der Waals surface area contributed by atoms with Gasteiger partial charge in [-0.3, -0.25) is 14.2 Å². The molecule has 0 fully saturated rings. The van der Waals surface area contributed by atoms with E-state index in [1.165, 1.54) is 16.2 Å². The minimum atomic E-state index is -0.458. The molecule has 8 heteroatoms. The Kier molecular flexibility index (Phi) is 6.03. The van der Waals surface area contributed by atoms with Crippen LogP contribution in [0.4, 0.5) is 0 Å². The number of benzene rings is 2. The average Bonchev–Trinajstić information content (AvgIpc) is 3.11. The molecule has 0 atom stereocenters. The van der Waals surface area contributed by atoms with Gasteiger partial charge in [-0.25, -0.2) is 9.36 Å². The Bertz CT molecular complexity index is 1510. The van der Waals surface area contributed by atoms with Gasteiger partial charge >= 0.3 is 5.69 Å². The van der Waals surface area contributed by atoms with E-state index in [9.17, 15) is 14.4 Å². The molecule has 2 aromatic heterocycles. The van der Waals surface area contributed by atoms with E-state index in [-0.39, 0.29) is 12.5 Å². The summed E-state index contributed by atoms with van der Waals surface area (Å²) >= 11 is 7.21. The Morgan fingerprint density at radius 1 is 1.03 bits per heavy atom. The van der Waals surface area contributed by atoms with Crippen LogP contribution in [0.3, 0.4) is 0 Å². The molecule has 2 heterocycles. The van der Waals surface area contributed by atoms with Crippen LogP contribution in [0.1, 0.15) is 31.9 Å². The molecule has 2 aromatic carbocycles. The first-order valence-electron chi connectivity index (χ1n) is 10.4. The first-order chi connectivity index (χ1) is 15.6. The molecule has 0 aliphatic carbocycles. The van der Waals surface area contributed by atoms with Crippen molar-refractivity contribution in [3.05, 3.63) is 95.5 Å². The summed E-state index contributed by atoms with van der Waals surface area (Å²) in [4.78, 5) is 42.5. The molecule has 33 heavy (non-hydrogen) atoms. The van der Waals surface area contributed by atoms with Gasteiger partial charge in [0.2, 0.25) is 0 Å². The van der Waals surface area contributed by atoms with Gasteiger partial charge in [-0.05, 0) is 61.7 Å². The van der Waals surface area contributed by atoms with Gasteiger partial charge in [-0.15, -0.1) is 11.3 Å². The Morgan fingerprint density at radius 2 is 1.70 bits per heavy atom. The molecule has 170 valence electrons. The minimum Gasteiger partial charge on any atom is -0.344 e. The van der Waals surface area contributed by atoms with E-state index in [4.69, 9.17) is 11.6 Å². The van der Waals surface area contributed by atoms with E-state index in [1.807, 2.05) is 32.0 Å². The van der Waals surface area contributed by atoms with Gasteiger partial charge in [-0.1, -0.05) is 35.4 Å². The number of aryl methyl sites for hydroxylation is 3. The summed E-state index contributed by atoms with van der Waals surface area (Å²) in [5.41, 5.74) is 3.21. The molecule has 6 nitrogen and oxygen atoms in total. The highest BCUT2D eigenvalue weighted by Crippen LogP contribution is 2.30. The fraction of sp³-hybridized carbons (Fsp3) is 0.240. The lowest BCUT2D eigenvalue weighted by Gasteiger charge is -2.14. The zero-order valence-electron chi connectivity index (χ0n) is 19.1. The van der Waals surface area contributed by atoms with Gasteiger partial charge in [0.05, 0.1) is 22.5 Å². The predicted octanol–water partition coefficient (Wildman–Crippen LogP) is 4.54. The molecule has 0 spiro atoms. The van der Waals surface area contributed by atoms with E-state index in [0.717, 1.165) is 21.3 Å². The second-order valence-corrected chi connectivity index (χ2v) is 9.79. The lowest BCUT2D eigenvalue weighted by Crippen LogP contribution is -2.39. The summed E-state index contributed by atoms with van der Waals surface area (Å²) < 4.78 is 2.75. The Balaban J connectivity index is 2.09. The third-order valence-electron chi connectivity index (χ3n) is 5.73. The van der Waals surface area contributed by atoms with E-state index in [2.05, 4.69) is 0 Å².